The summed E-state index contributed by atoms with van der Waals surface area (Å²) in [6.07, 6.45) is 5.75. The highest BCUT2D eigenvalue weighted by atomic mass is 16.1. The molecule has 0 amide bonds. The number of hydrogen-bond donors (Lipinski definition) is 0. The molecule has 3 aliphatic rings. The molecule has 0 aromatic rings. The van der Waals surface area contributed by atoms with Crippen molar-refractivity contribution in [2.75, 3.05) is 0 Å². The molecule has 0 saturated heterocycles. The van der Waals surface area contributed by atoms with Crippen molar-refractivity contribution < 1.29 is 9.59 Å². The molecule has 3 atom stereocenters. The van der Waals surface area contributed by atoms with Gasteiger partial charge in [0.05, 0.1) is 16.6 Å². The van der Waals surface area contributed by atoms with Crippen LogP contribution in [0.3, 0.4) is 0 Å². The first-order chi connectivity index (χ1) is 12.7. The van der Waals surface area contributed by atoms with Crippen LogP contribution in [0.4, 0.5) is 0 Å². The first-order valence-electron chi connectivity index (χ1n) is 8.65. The van der Waals surface area contributed by atoms with E-state index in [0.717, 1.165) is 0 Å². The zero-order valence-corrected chi connectivity index (χ0v) is 15.4. The largest absolute Gasteiger partial charge is 0.293 e. The Bertz CT molecular complexity index is 1060. The summed E-state index contributed by atoms with van der Waals surface area (Å²) in [6, 6.07) is 5.71. The average molecular weight is 355 g/mol. The molecule has 0 aliphatic heterocycles. The predicted octanol–water partition coefficient (Wildman–Crippen LogP) is 2.93. The molecule has 1 fully saturated rings. The van der Waals surface area contributed by atoms with Crippen molar-refractivity contribution in [3.05, 3.63) is 34.9 Å². The number of allylic oxidation sites excluding steroid dienone is 6. The van der Waals surface area contributed by atoms with Crippen LogP contribution in [-0.4, -0.2) is 11.6 Å². The average Bonchev–Trinajstić information content (AvgIpc) is 2.63. The van der Waals surface area contributed by atoms with E-state index in [-0.39, 0.29) is 22.8 Å². The SMILES string of the molecule is CC1(C)C(=O)C(C#N)=C[C@]2(C)C3=CC(=O)C(C#N)=C[C@@]3(C#CC#N)CC[C@@H]12. The third-order valence-electron chi connectivity index (χ3n) is 6.27. The topological polar surface area (TPSA) is 106 Å². The number of nitriles is 3. The number of rotatable bonds is 0. The van der Waals surface area contributed by atoms with E-state index >= 15 is 0 Å². The Hall–Kier alpha value is -3.41. The standard InChI is InChI=1S/C22H17N3O2/c1-20(2)17-5-7-22(6-4-8-23)11-14(12-24)16(26)9-18(22)21(17,3)10-15(13-25)19(20)27/h9-11,17H,5,7H2,1-3H3/t17-,21-,22+/m0/s1. The molecule has 132 valence electrons. The molecule has 0 unspecified atom stereocenters. The molecule has 0 radical (unpaired) electrons. The van der Waals surface area contributed by atoms with Gasteiger partial charge in [0.1, 0.15) is 12.1 Å². The molecule has 0 heterocycles. The van der Waals surface area contributed by atoms with Gasteiger partial charge in [-0.15, -0.1) is 0 Å². The van der Waals surface area contributed by atoms with E-state index in [4.69, 9.17) is 5.26 Å². The minimum absolute atomic E-state index is 0.00340. The Morgan fingerprint density at radius 1 is 1.04 bits per heavy atom. The number of nitrogens with zero attached hydrogens (tertiary/aromatic N) is 3. The van der Waals surface area contributed by atoms with Gasteiger partial charge in [0.15, 0.2) is 17.6 Å². The fraction of sp³-hybridized carbons (Fsp3) is 0.409. The van der Waals surface area contributed by atoms with E-state index in [0.29, 0.717) is 18.4 Å². The van der Waals surface area contributed by atoms with Crippen LogP contribution in [0.5, 0.6) is 0 Å². The molecule has 5 nitrogen and oxygen atoms in total. The van der Waals surface area contributed by atoms with Crippen molar-refractivity contribution in [2.45, 2.75) is 33.6 Å². The molecule has 0 aromatic carbocycles. The monoisotopic (exact) mass is 355 g/mol. The van der Waals surface area contributed by atoms with E-state index in [2.05, 4.69) is 11.8 Å². The van der Waals surface area contributed by atoms with Crippen LogP contribution in [0, 0.1) is 68.0 Å². The zero-order valence-electron chi connectivity index (χ0n) is 15.4. The molecule has 0 N–H and O–H groups in total. The van der Waals surface area contributed by atoms with Gasteiger partial charge >= 0.3 is 0 Å². The maximum atomic E-state index is 12.7. The van der Waals surface area contributed by atoms with Crippen molar-refractivity contribution in [3.8, 4) is 30.0 Å². The molecule has 1 saturated carbocycles. The fourth-order valence-electron chi connectivity index (χ4n) is 5.07. The highest BCUT2D eigenvalue weighted by molar-refractivity contribution is 6.09. The lowest BCUT2D eigenvalue weighted by atomic mass is 9.45. The van der Waals surface area contributed by atoms with Crippen molar-refractivity contribution >= 4 is 11.6 Å². The van der Waals surface area contributed by atoms with Crippen LogP contribution in [0.15, 0.2) is 34.9 Å². The van der Waals surface area contributed by atoms with Gasteiger partial charge in [-0.25, -0.2) is 0 Å². The number of carbonyl (C=O) groups excluding carboxylic acids is 2. The third kappa shape index (κ3) is 2.37. The normalized spacial score (nSPS) is 33.3. The van der Waals surface area contributed by atoms with E-state index in [9.17, 15) is 20.1 Å². The summed E-state index contributed by atoms with van der Waals surface area (Å²) >= 11 is 0. The first-order valence-corrected chi connectivity index (χ1v) is 8.65. The lowest BCUT2D eigenvalue weighted by molar-refractivity contribution is -0.130. The molecule has 0 spiro atoms. The Morgan fingerprint density at radius 2 is 1.70 bits per heavy atom. The van der Waals surface area contributed by atoms with Crippen LogP contribution in [-0.2, 0) is 9.59 Å². The van der Waals surface area contributed by atoms with Crippen molar-refractivity contribution in [1.29, 1.82) is 15.8 Å². The molecular formula is C22H17N3O2. The highest BCUT2D eigenvalue weighted by Crippen LogP contribution is 2.63. The summed E-state index contributed by atoms with van der Waals surface area (Å²) in [4.78, 5) is 25.2. The smallest absolute Gasteiger partial charge is 0.196 e. The lowest BCUT2D eigenvalue weighted by Crippen LogP contribution is -2.53. The Kier molecular flexibility index (Phi) is 3.95. The predicted molar refractivity (Wildman–Crippen MR) is 95.9 cm³/mol. The summed E-state index contributed by atoms with van der Waals surface area (Å²) in [6.45, 7) is 5.58. The van der Waals surface area contributed by atoms with Gasteiger partial charge in [-0.1, -0.05) is 32.8 Å². The molecule has 3 rings (SSSR count). The summed E-state index contributed by atoms with van der Waals surface area (Å²) in [7, 11) is 0. The fourth-order valence-corrected chi connectivity index (χ4v) is 5.07. The van der Waals surface area contributed by atoms with Gasteiger partial charge in [-0.05, 0) is 36.5 Å². The number of ketones is 2. The molecular weight excluding hydrogens is 338 g/mol. The van der Waals surface area contributed by atoms with Crippen LogP contribution in [0.25, 0.3) is 0 Å². The van der Waals surface area contributed by atoms with Gasteiger partial charge in [0, 0.05) is 16.8 Å². The lowest BCUT2D eigenvalue weighted by Gasteiger charge is -2.56. The molecule has 0 aromatic heterocycles. The van der Waals surface area contributed by atoms with Crippen LogP contribution in [0.2, 0.25) is 0 Å². The second-order valence-electron chi connectivity index (χ2n) is 8.02. The van der Waals surface area contributed by atoms with Gasteiger partial charge in [-0.3, -0.25) is 9.59 Å². The molecule has 0 bridgehead atoms. The number of hydrogen-bond acceptors (Lipinski definition) is 5. The molecule has 3 aliphatic carbocycles. The van der Waals surface area contributed by atoms with Crippen molar-refractivity contribution in [1.82, 2.24) is 0 Å². The van der Waals surface area contributed by atoms with Gasteiger partial charge < -0.3 is 0 Å². The van der Waals surface area contributed by atoms with E-state index < -0.39 is 22.0 Å². The van der Waals surface area contributed by atoms with Crippen LogP contribution < -0.4 is 0 Å². The van der Waals surface area contributed by atoms with Crippen LogP contribution in [0.1, 0.15) is 33.6 Å². The van der Waals surface area contributed by atoms with Crippen molar-refractivity contribution in [2.24, 2.45) is 22.2 Å². The molecule has 5 heteroatoms. The first kappa shape index (κ1) is 18.4. The van der Waals surface area contributed by atoms with Gasteiger partial charge in [-0.2, -0.15) is 15.8 Å². The quantitative estimate of drug-likeness (QED) is 0.621. The maximum Gasteiger partial charge on any atom is 0.196 e. The van der Waals surface area contributed by atoms with Crippen molar-refractivity contribution in [3.63, 3.8) is 0 Å². The molecule has 27 heavy (non-hydrogen) atoms. The van der Waals surface area contributed by atoms with E-state index in [1.165, 1.54) is 6.08 Å². The second-order valence-corrected chi connectivity index (χ2v) is 8.02. The summed E-state index contributed by atoms with van der Waals surface area (Å²) in [5, 5.41) is 27.7. The number of carbonyl (C=O) groups is 2. The zero-order chi connectivity index (χ0) is 20.0. The van der Waals surface area contributed by atoms with E-state index in [1.807, 2.05) is 39.0 Å². The van der Waals surface area contributed by atoms with Crippen LogP contribution >= 0.6 is 0 Å². The maximum absolute atomic E-state index is 12.7. The second kappa shape index (κ2) is 5.81. The highest BCUT2D eigenvalue weighted by Gasteiger charge is 2.59. The Labute approximate surface area is 158 Å². The third-order valence-corrected chi connectivity index (χ3v) is 6.27. The van der Waals surface area contributed by atoms with Gasteiger partial charge in [0.2, 0.25) is 0 Å². The summed E-state index contributed by atoms with van der Waals surface area (Å²) in [5.41, 5.74) is -1.71. The van der Waals surface area contributed by atoms with Gasteiger partial charge in [0.25, 0.3) is 0 Å². The Morgan fingerprint density at radius 3 is 2.30 bits per heavy atom. The minimum Gasteiger partial charge on any atom is -0.293 e. The minimum atomic E-state index is -0.923. The number of fused-ring (bicyclic) bond motifs is 3. The van der Waals surface area contributed by atoms with E-state index in [1.54, 1.807) is 12.2 Å². The summed E-state index contributed by atoms with van der Waals surface area (Å²) in [5.74, 6) is 4.65. The Balaban J connectivity index is 2.33. The number of Topliss-reactive ketones (excluding diaryl/α,β-unsaturated/α-hetero) is 1. The summed E-state index contributed by atoms with van der Waals surface area (Å²) < 4.78 is 0.